The van der Waals surface area contributed by atoms with Crippen molar-refractivity contribution in [2.24, 2.45) is 0 Å². The Labute approximate surface area is 71.6 Å². The first-order chi connectivity index (χ1) is 5.77. The summed E-state index contributed by atoms with van der Waals surface area (Å²) in [7, 11) is 0. The second-order valence-electron chi connectivity index (χ2n) is 2.52. The summed E-state index contributed by atoms with van der Waals surface area (Å²) in [6.07, 6.45) is 7.57. The molecule has 1 unspecified atom stereocenters. The molecule has 0 aromatic carbocycles. The monoisotopic (exact) mass is 159 g/mol. The molecule has 60 valence electrons. The van der Waals surface area contributed by atoms with E-state index in [1.807, 2.05) is 13.0 Å². The Morgan fingerprint density at radius 2 is 2.42 bits per heavy atom. The van der Waals surface area contributed by atoms with Gasteiger partial charge in [0, 0.05) is 12.1 Å². The fraction of sp³-hybridized carbons (Fsp3) is 0.200. The van der Waals surface area contributed by atoms with Gasteiger partial charge in [0.1, 0.15) is 5.69 Å². The van der Waals surface area contributed by atoms with Crippen LogP contribution in [0.5, 0.6) is 0 Å². The Morgan fingerprint density at radius 3 is 2.83 bits per heavy atom. The highest BCUT2D eigenvalue weighted by atomic mass is 16.1. The number of rotatable bonds is 2. The number of hydrogen-bond acceptors (Lipinski definition) is 2. The molecule has 0 aliphatic rings. The van der Waals surface area contributed by atoms with Crippen LogP contribution < -0.4 is 0 Å². The normalized spacial score (nSPS) is 11.7. The maximum absolute atomic E-state index is 10.3. The third-order valence-corrected chi connectivity index (χ3v) is 1.68. The van der Waals surface area contributed by atoms with Crippen molar-refractivity contribution < 1.29 is 4.79 Å². The zero-order chi connectivity index (χ0) is 8.97. The number of pyridine rings is 1. The third-order valence-electron chi connectivity index (χ3n) is 1.68. The second-order valence-corrected chi connectivity index (χ2v) is 2.52. The van der Waals surface area contributed by atoms with E-state index in [2.05, 4.69) is 10.9 Å². The topological polar surface area (TPSA) is 30.0 Å². The predicted octanol–water partition coefficient (Wildman–Crippen LogP) is 1.63. The molecule has 0 aliphatic heterocycles. The Kier molecular flexibility index (Phi) is 2.60. The minimum Gasteiger partial charge on any atom is -0.296 e. The van der Waals surface area contributed by atoms with Gasteiger partial charge in [-0.3, -0.25) is 9.78 Å². The fourth-order valence-electron chi connectivity index (χ4n) is 0.839. The number of nitrogens with zero attached hydrogens (tertiary/aromatic N) is 1. The summed E-state index contributed by atoms with van der Waals surface area (Å²) in [5.74, 6) is 2.64. The Morgan fingerprint density at radius 1 is 1.67 bits per heavy atom. The molecular formula is C10H9NO. The van der Waals surface area contributed by atoms with Crippen LogP contribution in [0.1, 0.15) is 28.9 Å². The minimum absolute atomic E-state index is 0.0539. The molecule has 0 saturated carbocycles. The van der Waals surface area contributed by atoms with Gasteiger partial charge in [-0.05, 0) is 18.6 Å². The van der Waals surface area contributed by atoms with E-state index in [0.717, 1.165) is 5.56 Å². The van der Waals surface area contributed by atoms with Gasteiger partial charge in [-0.2, -0.15) is 0 Å². The molecule has 12 heavy (non-hydrogen) atoms. The summed E-state index contributed by atoms with van der Waals surface area (Å²) in [5, 5.41) is 0. The SMILES string of the molecule is C#CC(C)c1ccc(C=O)nc1. The largest absolute Gasteiger partial charge is 0.296 e. The van der Waals surface area contributed by atoms with E-state index in [4.69, 9.17) is 6.42 Å². The molecule has 1 aromatic heterocycles. The van der Waals surface area contributed by atoms with Gasteiger partial charge >= 0.3 is 0 Å². The van der Waals surface area contributed by atoms with Crippen LogP contribution in [-0.2, 0) is 0 Å². The lowest BCUT2D eigenvalue weighted by atomic mass is 10.0. The maximum Gasteiger partial charge on any atom is 0.168 e. The molecule has 0 aliphatic carbocycles. The molecule has 0 bridgehead atoms. The quantitative estimate of drug-likeness (QED) is 0.485. The highest BCUT2D eigenvalue weighted by Crippen LogP contribution is 2.11. The molecule has 1 heterocycles. The molecule has 0 amide bonds. The molecule has 0 N–H and O–H groups in total. The van der Waals surface area contributed by atoms with Crippen LogP contribution in [0.2, 0.25) is 0 Å². The third kappa shape index (κ3) is 1.70. The first-order valence-corrected chi connectivity index (χ1v) is 3.65. The molecular weight excluding hydrogens is 150 g/mol. The number of hydrogen-bond donors (Lipinski definition) is 0. The lowest BCUT2D eigenvalue weighted by molar-refractivity contribution is 0.111. The number of carbonyl (C=O) groups excluding carboxylic acids is 1. The Balaban J connectivity index is 2.93. The number of terminal acetylenes is 1. The molecule has 0 fully saturated rings. The van der Waals surface area contributed by atoms with Gasteiger partial charge in [0.05, 0.1) is 0 Å². The average Bonchev–Trinajstić information content (AvgIpc) is 2.17. The van der Waals surface area contributed by atoms with E-state index < -0.39 is 0 Å². The standard InChI is InChI=1S/C10H9NO/c1-3-8(2)9-4-5-10(7-12)11-6-9/h1,4-8H,2H3. The summed E-state index contributed by atoms with van der Waals surface area (Å²) >= 11 is 0. The van der Waals surface area contributed by atoms with E-state index in [0.29, 0.717) is 12.0 Å². The van der Waals surface area contributed by atoms with Crippen LogP contribution in [0.15, 0.2) is 18.3 Å². The first kappa shape index (κ1) is 8.48. The van der Waals surface area contributed by atoms with Crippen LogP contribution in [-0.4, -0.2) is 11.3 Å². The van der Waals surface area contributed by atoms with Crippen LogP contribution in [0, 0.1) is 12.3 Å². The second kappa shape index (κ2) is 3.68. The summed E-state index contributed by atoms with van der Waals surface area (Å²) < 4.78 is 0. The van der Waals surface area contributed by atoms with Gasteiger partial charge in [0.2, 0.25) is 0 Å². The van der Waals surface area contributed by atoms with Crippen molar-refractivity contribution in [2.45, 2.75) is 12.8 Å². The van der Waals surface area contributed by atoms with Crippen molar-refractivity contribution in [1.82, 2.24) is 4.98 Å². The fourth-order valence-corrected chi connectivity index (χ4v) is 0.839. The van der Waals surface area contributed by atoms with E-state index in [9.17, 15) is 4.79 Å². The molecule has 1 aromatic rings. The van der Waals surface area contributed by atoms with E-state index in [-0.39, 0.29) is 5.92 Å². The summed E-state index contributed by atoms with van der Waals surface area (Å²) in [6, 6.07) is 3.48. The maximum atomic E-state index is 10.3. The van der Waals surface area contributed by atoms with Gasteiger partial charge in [-0.25, -0.2) is 0 Å². The minimum atomic E-state index is 0.0539. The Hall–Kier alpha value is -1.62. The number of carbonyl (C=O) groups is 1. The van der Waals surface area contributed by atoms with Crippen molar-refractivity contribution in [2.75, 3.05) is 0 Å². The average molecular weight is 159 g/mol. The van der Waals surface area contributed by atoms with Crippen LogP contribution in [0.4, 0.5) is 0 Å². The molecule has 2 heteroatoms. The summed E-state index contributed by atoms with van der Waals surface area (Å²) in [5.41, 5.74) is 1.39. The van der Waals surface area contributed by atoms with E-state index >= 15 is 0 Å². The summed E-state index contributed by atoms with van der Waals surface area (Å²) in [4.78, 5) is 14.2. The van der Waals surface area contributed by atoms with Gasteiger partial charge in [-0.15, -0.1) is 6.42 Å². The van der Waals surface area contributed by atoms with Crippen molar-refractivity contribution in [3.05, 3.63) is 29.6 Å². The van der Waals surface area contributed by atoms with E-state index in [1.165, 1.54) is 0 Å². The molecule has 1 rings (SSSR count). The lowest BCUT2D eigenvalue weighted by Gasteiger charge is -2.02. The van der Waals surface area contributed by atoms with Gasteiger partial charge in [-0.1, -0.05) is 12.0 Å². The zero-order valence-electron chi connectivity index (χ0n) is 6.82. The van der Waals surface area contributed by atoms with Crippen LogP contribution in [0.25, 0.3) is 0 Å². The van der Waals surface area contributed by atoms with Gasteiger partial charge in [0.25, 0.3) is 0 Å². The van der Waals surface area contributed by atoms with Crippen molar-refractivity contribution in [3.8, 4) is 12.3 Å². The van der Waals surface area contributed by atoms with Crippen LogP contribution in [0.3, 0.4) is 0 Å². The highest BCUT2D eigenvalue weighted by molar-refractivity contribution is 5.71. The number of aromatic nitrogens is 1. The van der Waals surface area contributed by atoms with Gasteiger partial charge in [0.15, 0.2) is 6.29 Å². The van der Waals surface area contributed by atoms with Crippen LogP contribution >= 0.6 is 0 Å². The molecule has 1 atom stereocenters. The van der Waals surface area contributed by atoms with Crippen molar-refractivity contribution >= 4 is 6.29 Å². The molecule has 2 nitrogen and oxygen atoms in total. The zero-order valence-corrected chi connectivity index (χ0v) is 6.82. The lowest BCUT2D eigenvalue weighted by Crippen LogP contribution is -1.92. The van der Waals surface area contributed by atoms with Gasteiger partial charge < -0.3 is 0 Å². The molecule has 0 spiro atoms. The van der Waals surface area contributed by atoms with Crippen molar-refractivity contribution in [3.63, 3.8) is 0 Å². The predicted molar refractivity (Wildman–Crippen MR) is 46.9 cm³/mol. The number of aldehydes is 1. The highest BCUT2D eigenvalue weighted by Gasteiger charge is 2.00. The molecule has 0 radical (unpaired) electrons. The molecule has 0 saturated heterocycles. The first-order valence-electron chi connectivity index (χ1n) is 3.65. The summed E-state index contributed by atoms with van der Waals surface area (Å²) in [6.45, 7) is 1.91. The smallest absolute Gasteiger partial charge is 0.168 e. The van der Waals surface area contributed by atoms with E-state index in [1.54, 1.807) is 12.3 Å². The Bertz CT molecular complexity index is 308. The van der Waals surface area contributed by atoms with Crippen molar-refractivity contribution in [1.29, 1.82) is 0 Å².